The average Bonchev–Trinajstić information content (AvgIpc) is 2.79. The van der Waals surface area contributed by atoms with E-state index in [1.54, 1.807) is 24.3 Å². The first-order valence-electron chi connectivity index (χ1n) is 9.89. The summed E-state index contributed by atoms with van der Waals surface area (Å²) < 4.78 is 5.88. The molecule has 2 aliphatic rings. The monoisotopic (exact) mass is 430 g/mol. The third kappa shape index (κ3) is 3.81. The van der Waals surface area contributed by atoms with Gasteiger partial charge in [-0.25, -0.2) is 0 Å². The van der Waals surface area contributed by atoms with Crippen LogP contribution in [-0.2, 0) is 4.74 Å². The molecule has 0 aromatic heterocycles. The number of nitrogens with two attached hydrogens (primary N) is 1. The Morgan fingerprint density at radius 1 is 1.00 bits per heavy atom. The number of nitrogens with zero attached hydrogens (tertiary/aromatic N) is 3. The van der Waals surface area contributed by atoms with E-state index in [4.69, 9.17) is 10.5 Å². The number of allylic oxidation sites excluding steroid dienone is 3. The van der Waals surface area contributed by atoms with Gasteiger partial charge < -0.3 is 10.5 Å². The second kappa shape index (κ2) is 8.35. The first-order chi connectivity index (χ1) is 15.4. The molecule has 0 saturated carbocycles. The Bertz CT molecular complexity index is 1230. The number of nitriles is 1. The van der Waals surface area contributed by atoms with Gasteiger partial charge in [-0.15, -0.1) is 0 Å². The van der Waals surface area contributed by atoms with E-state index in [-0.39, 0.29) is 22.8 Å². The zero-order valence-electron chi connectivity index (χ0n) is 16.9. The van der Waals surface area contributed by atoms with Crippen molar-refractivity contribution in [1.82, 2.24) is 0 Å². The Morgan fingerprint density at radius 2 is 1.59 bits per heavy atom. The van der Waals surface area contributed by atoms with E-state index >= 15 is 0 Å². The van der Waals surface area contributed by atoms with Crippen LogP contribution in [0.1, 0.15) is 36.3 Å². The van der Waals surface area contributed by atoms with E-state index < -0.39 is 15.8 Å². The molecule has 32 heavy (non-hydrogen) atoms. The van der Waals surface area contributed by atoms with Crippen LogP contribution in [0.15, 0.2) is 76.9 Å². The molecule has 4 rings (SSSR count). The van der Waals surface area contributed by atoms with Crippen LogP contribution in [0.2, 0.25) is 0 Å². The van der Waals surface area contributed by atoms with Crippen LogP contribution in [-0.4, -0.2) is 9.85 Å². The van der Waals surface area contributed by atoms with Crippen LogP contribution in [0.3, 0.4) is 0 Å². The van der Waals surface area contributed by atoms with Crippen molar-refractivity contribution in [2.75, 3.05) is 0 Å². The van der Waals surface area contributed by atoms with Crippen molar-refractivity contribution < 1.29 is 14.6 Å². The molecule has 1 atom stereocenters. The summed E-state index contributed by atoms with van der Waals surface area (Å²) in [5, 5.41) is 31.6. The van der Waals surface area contributed by atoms with E-state index in [9.17, 15) is 25.5 Å². The summed E-state index contributed by atoms with van der Waals surface area (Å²) in [4.78, 5) is 21.0. The van der Waals surface area contributed by atoms with Crippen molar-refractivity contribution in [3.05, 3.63) is 108 Å². The Morgan fingerprint density at radius 3 is 2.16 bits per heavy atom. The van der Waals surface area contributed by atoms with E-state index in [0.717, 1.165) is 35.1 Å². The standard InChI is InChI=1S/C23H18N4O5/c24-13-20-21(15-6-10-18(11-7-15)27(30)31)19-3-1-2-16(22(19)32-23(20)25)12-14-4-8-17(9-5-14)26(28)29/h4-12,21H,1-3,25H2/b16-12+. The lowest BCUT2D eigenvalue weighted by Crippen LogP contribution is -2.23. The molecule has 2 aromatic carbocycles. The van der Waals surface area contributed by atoms with Gasteiger partial charge >= 0.3 is 0 Å². The molecule has 0 fully saturated rings. The molecule has 0 saturated heterocycles. The highest BCUT2D eigenvalue weighted by Crippen LogP contribution is 2.47. The van der Waals surface area contributed by atoms with Crippen molar-refractivity contribution >= 4 is 17.5 Å². The Hall–Kier alpha value is -4.45. The van der Waals surface area contributed by atoms with Crippen molar-refractivity contribution in [2.24, 2.45) is 5.73 Å². The maximum absolute atomic E-state index is 11.0. The van der Waals surface area contributed by atoms with Gasteiger partial charge in [-0.05, 0) is 59.7 Å². The highest BCUT2D eigenvalue weighted by Gasteiger charge is 2.35. The predicted octanol–water partition coefficient (Wildman–Crippen LogP) is 4.83. The predicted molar refractivity (Wildman–Crippen MR) is 116 cm³/mol. The molecule has 1 heterocycles. The number of non-ortho nitro benzene ring substituents is 2. The topological polar surface area (TPSA) is 145 Å². The fraction of sp³-hybridized carbons (Fsp3) is 0.174. The molecule has 9 heteroatoms. The highest BCUT2D eigenvalue weighted by molar-refractivity contribution is 5.63. The number of nitro groups is 2. The zero-order valence-corrected chi connectivity index (χ0v) is 16.9. The second-order valence-corrected chi connectivity index (χ2v) is 7.50. The average molecular weight is 430 g/mol. The van der Waals surface area contributed by atoms with E-state index in [1.165, 1.54) is 24.3 Å². The lowest BCUT2D eigenvalue weighted by atomic mass is 9.77. The van der Waals surface area contributed by atoms with Crippen molar-refractivity contribution in [3.8, 4) is 6.07 Å². The fourth-order valence-corrected chi connectivity index (χ4v) is 4.10. The number of hydrogen-bond donors (Lipinski definition) is 1. The summed E-state index contributed by atoms with van der Waals surface area (Å²) in [5.41, 5.74) is 9.63. The van der Waals surface area contributed by atoms with E-state index in [0.29, 0.717) is 12.2 Å². The molecule has 0 radical (unpaired) electrons. The third-order valence-corrected chi connectivity index (χ3v) is 5.59. The number of nitro benzene ring substituents is 2. The molecule has 9 nitrogen and oxygen atoms in total. The Kier molecular flexibility index (Phi) is 5.43. The van der Waals surface area contributed by atoms with Crippen LogP contribution in [0, 0.1) is 31.6 Å². The van der Waals surface area contributed by atoms with Gasteiger partial charge in [-0.1, -0.05) is 12.1 Å². The first-order valence-corrected chi connectivity index (χ1v) is 9.89. The third-order valence-electron chi connectivity index (χ3n) is 5.59. The lowest BCUT2D eigenvalue weighted by molar-refractivity contribution is -0.385. The zero-order chi connectivity index (χ0) is 22.8. The maximum Gasteiger partial charge on any atom is 0.269 e. The largest absolute Gasteiger partial charge is 0.440 e. The molecule has 0 amide bonds. The molecule has 1 aliphatic heterocycles. The Labute approximate surface area is 183 Å². The SMILES string of the molecule is N#CC1=C(N)OC2=C(CCC/C2=C\c2ccc([N+](=O)[O-])cc2)C1c1ccc([N+](=O)[O-])cc1. The number of hydrogen-bond acceptors (Lipinski definition) is 7. The molecule has 0 spiro atoms. The van der Waals surface area contributed by atoms with Crippen LogP contribution in [0.5, 0.6) is 0 Å². The molecular weight excluding hydrogens is 412 g/mol. The molecule has 1 unspecified atom stereocenters. The number of benzene rings is 2. The van der Waals surface area contributed by atoms with Gasteiger partial charge in [-0.2, -0.15) is 5.26 Å². The molecule has 1 aliphatic carbocycles. The minimum atomic E-state index is -0.473. The first kappa shape index (κ1) is 20.8. The van der Waals surface area contributed by atoms with Gasteiger partial charge in [0.15, 0.2) is 0 Å². The summed E-state index contributed by atoms with van der Waals surface area (Å²) >= 11 is 0. The van der Waals surface area contributed by atoms with Crippen molar-refractivity contribution in [3.63, 3.8) is 0 Å². The maximum atomic E-state index is 11.0. The summed E-state index contributed by atoms with van der Waals surface area (Å²) in [6.07, 6.45) is 4.13. The normalized spacial score (nSPS) is 19.2. The van der Waals surface area contributed by atoms with Crippen molar-refractivity contribution in [1.29, 1.82) is 5.26 Å². The number of rotatable bonds is 4. The van der Waals surface area contributed by atoms with Crippen LogP contribution < -0.4 is 5.73 Å². The fourth-order valence-electron chi connectivity index (χ4n) is 4.10. The second-order valence-electron chi connectivity index (χ2n) is 7.50. The van der Waals surface area contributed by atoms with Gasteiger partial charge in [0.05, 0.1) is 9.85 Å². The molecule has 160 valence electrons. The minimum absolute atomic E-state index is 0.00565. The molecule has 2 N–H and O–H groups in total. The molecular formula is C23H18N4O5. The molecule has 0 bridgehead atoms. The van der Waals surface area contributed by atoms with Crippen LogP contribution >= 0.6 is 0 Å². The van der Waals surface area contributed by atoms with Crippen molar-refractivity contribution in [2.45, 2.75) is 25.2 Å². The van der Waals surface area contributed by atoms with Gasteiger partial charge in [0, 0.05) is 30.2 Å². The van der Waals surface area contributed by atoms with Gasteiger partial charge in [0.2, 0.25) is 5.88 Å². The summed E-state index contributed by atoms with van der Waals surface area (Å²) in [6.45, 7) is 0. The quantitative estimate of drug-likeness (QED) is 0.540. The van der Waals surface area contributed by atoms with Crippen LogP contribution in [0.25, 0.3) is 6.08 Å². The lowest BCUT2D eigenvalue weighted by Gasteiger charge is -2.33. The van der Waals surface area contributed by atoms with E-state index in [2.05, 4.69) is 6.07 Å². The van der Waals surface area contributed by atoms with E-state index in [1.807, 2.05) is 6.08 Å². The van der Waals surface area contributed by atoms with Gasteiger partial charge in [0.1, 0.15) is 17.4 Å². The minimum Gasteiger partial charge on any atom is -0.440 e. The number of ether oxygens (including phenoxy) is 1. The summed E-state index contributed by atoms with van der Waals surface area (Å²) in [7, 11) is 0. The van der Waals surface area contributed by atoms with Gasteiger partial charge in [-0.3, -0.25) is 20.2 Å². The van der Waals surface area contributed by atoms with Crippen LogP contribution in [0.4, 0.5) is 11.4 Å². The summed E-state index contributed by atoms with van der Waals surface area (Å²) in [5.74, 6) is 0.144. The van der Waals surface area contributed by atoms with Gasteiger partial charge in [0.25, 0.3) is 11.4 Å². The summed E-state index contributed by atoms with van der Waals surface area (Å²) in [6, 6.07) is 14.4. The highest BCUT2D eigenvalue weighted by atomic mass is 16.6. The molecule has 2 aromatic rings. The smallest absolute Gasteiger partial charge is 0.269 e. The Balaban J connectivity index is 1.77.